The summed E-state index contributed by atoms with van der Waals surface area (Å²) < 4.78 is 1.03. The molecule has 1 aromatic carbocycles. The van der Waals surface area contributed by atoms with Gasteiger partial charge in [-0.25, -0.2) is 0 Å². The lowest BCUT2D eigenvalue weighted by Crippen LogP contribution is -2.34. The Balaban J connectivity index is 2.72. The van der Waals surface area contributed by atoms with Crippen molar-refractivity contribution in [1.82, 2.24) is 5.32 Å². The molecule has 4 heteroatoms. The SMILES string of the molecule is CCC(CCBr)NC(=O)c1ccc(Br)c(C)c1. The highest BCUT2D eigenvalue weighted by Crippen LogP contribution is 2.17. The Labute approximate surface area is 119 Å². The van der Waals surface area contributed by atoms with Crippen molar-refractivity contribution < 1.29 is 4.79 Å². The molecule has 94 valence electrons. The molecule has 0 aliphatic heterocycles. The van der Waals surface area contributed by atoms with Crippen molar-refractivity contribution in [3.8, 4) is 0 Å². The molecule has 0 spiro atoms. The smallest absolute Gasteiger partial charge is 0.251 e. The summed E-state index contributed by atoms with van der Waals surface area (Å²) in [6.07, 6.45) is 1.91. The number of nitrogens with one attached hydrogen (secondary N) is 1. The molecule has 0 radical (unpaired) electrons. The number of carbonyl (C=O) groups is 1. The molecule has 0 bridgehead atoms. The van der Waals surface area contributed by atoms with Gasteiger partial charge in [0.25, 0.3) is 5.91 Å². The minimum Gasteiger partial charge on any atom is -0.349 e. The van der Waals surface area contributed by atoms with Gasteiger partial charge in [0, 0.05) is 21.4 Å². The van der Waals surface area contributed by atoms with Gasteiger partial charge in [0.1, 0.15) is 0 Å². The molecular weight excluding hydrogens is 346 g/mol. The number of rotatable bonds is 5. The van der Waals surface area contributed by atoms with Gasteiger partial charge in [-0.2, -0.15) is 0 Å². The Bertz CT molecular complexity index is 393. The normalized spacial score (nSPS) is 12.2. The van der Waals surface area contributed by atoms with Gasteiger partial charge in [-0.1, -0.05) is 38.8 Å². The van der Waals surface area contributed by atoms with E-state index in [1.165, 1.54) is 0 Å². The molecular formula is C13H17Br2NO. The van der Waals surface area contributed by atoms with Crippen LogP contribution in [0.4, 0.5) is 0 Å². The molecule has 0 aliphatic rings. The number of hydrogen-bond donors (Lipinski definition) is 1. The lowest BCUT2D eigenvalue weighted by Gasteiger charge is -2.16. The fourth-order valence-corrected chi connectivity index (χ4v) is 2.36. The first-order chi connectivity index (χ1) is 8.08. The van der Waals surface area contributed by atoms with E-state index in [1.807, 2.05) is 25.1 Å². The molecule has 1 aromatic rings. The number of benzene rings is 1. The molecule has 1 rings (SSSR count). The zero-order valence-electron chi connectivity index (χ0n) is 10.1. The van der Waals surface area contributed by atoms with Crippen molar-refractivity contribution in [3.63, 3.8) is 0 Å². The summed E-state index contributed by atoms with van der Waals surface area (Å²) >= 11 is 6.83. The summed E-state index contributed by atoms with van der Waals surface area (Å²) in [5.41, 5.74) is 1.80. The van der Waals surface area contributed by atoms with Crippen LogP contribution in [0.25, 0.3) is 0 Å². The van der Waals surface area contributed by atoms with Crippen LogP contribution in [-0.2, 0) is 0 Å². The maximum Gasteiger partial charge on any atom is 0.251 e. The van der Waals surface area contributed by atoms with E-state index in [0.717, 1.165) is 33.8 Å². The topological polar surface area (TPSA) is 29.1 Å². The highest BCUT2D eigenvalue weighted by molar-refractivity contribution is 9.10. The number of carbonyl (C=O) groups excluding carboxylic acids is 1. The Hall–Kier alpha value is -0.350. The molecule has 1 atom stereocenters. The molecule has 1 amide bonds. The summed E-state index contributed by atoms with van der Waals surface area (Å²) in [6.45, 7) is 4.07. The van der Waals surface area contributed by atoms with Crippen LogP contribution in [0.15, 0.2) is 22.7 Å². The van der Waals surface area contributed by atoms with Crippen LogP contribution in [0.2, 0.25) is 0 Å². The van der Waals surface area contributed by atoms with Gasteiger partial charge in [0.15, 0.2) is 0 Å². The first kappa shape index (κ1) is 14.7. The second kappa shape index (κ2) is 7.17. The van der Waals surface area contributed by atoms with Crippen molar-refractivity contribution in [3.05, 3.63) is 33.8 Å². The Kier molecular flexibility index (Phi) is 6.20. The van der Waals surface area contributed by atoms with Crippen LogP contribution in [0.3, 0.4) is 0 Å². The number of amides is 1. The number of halogens is 2. The molecule has 1 N–H and O–H groups in total. The van der Waals surface area contributed by atoms with Crippen molar-refractivity contribution in [2.24, 2.45) is 0 Å². The number of alkyl halides is 1. The highest BCUT2D eigenvalue weighted by Gasteiger charge is 2.12. The predicted octanol–water partition coefficient (Wildman–Crippen LogP) is 4.05. The van der Waals surface area contributed by atoms with E-state index < -0.39 is 0 Å². The molecule has 0 aromatic heterocycles. The third-order valence-corrected chi connectivity index (χ3v) is 4.05. The Morgan fingerprint density at radius 1 is 1.47 bits per heavy atom. The molecule has 1 unspecified atom stereocenters. The van der Waals surface area contributed by atoms with Gasteiger partial charge in [-0.3, -0.25) is 4.79 Å². The zero-order valence-corrected chi connectivity index (χ0v) is 13.3. The standard InChI is InChI=1S/C13H17Br2NO/c1-3-11(6-7-14)16-13(17)10-4-5-12(15)9(2)8-10/h4-5,8,11H,3,6-7H2,1-2H3,(H,16,17). The van der Waals surface area contributed by atoms with Crippen LogP contribution in [0.5, 0.6) is 0 Å². The van der Waals surface area contributed by atoms with E-state index in [-0.39, 0.29) is 11.9 Å². The van der Waals surface area contributed by atoms with E-state index in [0.29, 0.717) is 0 Å². The Morgan fingerprint density at radius 3 is 2.71 bits per heavy atom. The van der Waals surface area contributed by atoms with Crippen LogP contribution in [0, 0.1) is 6.92 Å². The minimum absolute atomic E-state index is 0.00778. The second-order valence-electron chi connectivity index (χ2n) is 4.02. The average Bonchev–Trinajstić information content (AvgIpc) is 2.31. The number of aryl methyl sites for hydroxylation is 1. The van der Waals surface area contributed by atoms with E-state index in [2.05, 4.69) is 44.1 Å². The molecule has 0 aliphatic carbocycles. The number of hydrogen-bond acceptors (Lipinski definition) is 1. The largest absolute Gasteiger partial charge is 0.349 e. The lowest BCUT2D eigenvalue weighted by molar-refractivity contribution is 0.0935. The fraction of sp³-hybridized carbons (Fsp3) is 0.462. The summed E-state index contributed by atoms with van der Waals surface area (Å²) in [5.74, 6) is 0.00778. The third-order valence-electron chi connectivity index (χ3n) is 2.71. The van der Waals surface area contributed by atoms with E-state index in [9.17, 15) is 4.79 Å². The van der Waals surface area contributed by atoms with Gasteiger partial charge < -0.3 is 5.32 Å². The Morgan fingerprint density at radius 2 is 2.18 bits per heavy atom. The minimum atomic E-state index is 0.00778. The van der Waals surface area contributed by atoms with Gasteiger partial charge >= 0.3 is 0 Å². The van der Waals surface area contributed by atoms with Crippen molar-refractivity contribution >= 4 is 37.8 Å². The molecule has 0 heterocycles. The van der Waals surface area contributed by atoms with E-state index in [4.69, 9.17) is 0 Å². The summed E-state index contributed by atoms with van der Waals surface area (Å²) in [4.78, 5) is 12.0. The van der Waals surface area contributed by atoms with Crippen LogP contribution in [-0.4, -0.2) is 17.3 Å². The van der Waals surface area contributed by atoms with Gasteiger partial charge in [0.2, 0.25) is 0 Å². The maximum absolute atomic E-state index is 12.0. The maximum atomic E-state index is 12.0. The third kappa shape index (κ3) is 4.43. The summed E-state index contributed by atoms with van der Waals surface area (Å²) in [5, 5.41) is 3.95. The van der Waals surface area contributed by atoms with Crippen molar-refractivity contribution in [1.29, 1.82) is 0 Å². The van der Waals surface area contributed by atoms with E-state index >= 15 is 0 Å². The zero-order chi connectivity index (χ0) is 12.8. The van der Waals surface area contributed by atoms with Gasteiger partial charge in [0.05, 0.1) is 0 Å². The molecule has 17 heavy (non-hydrogen) atoms. The first-order valence-corrected chi connectivity index (χ1v) is 7.63. The second-order valence-corrected chi connectivity index (χ2v) is 5.67. The molecule has 0 fully saturated rings. The van der Waals surface area contributed by atoms with Gasteiger partial charge in [-0.15, -0.1) is 0 Å². The van der Waals surface area contributed by atoms with E-state index in [1.54, 1.807) is 0 Å². The van der Waals surface area contributed by atoms with Crippen LogP contribution in [0.1, 0.15) is 35.7 Å². The molecule has 0 saturated carbocycles. The van der Waals surface area contributed by atoms with Crippen molar-refractivity contribution in [2.45, 2.75) is 32.7 Å². The van der Waals surface area contributed by atoms with Crippen LogP contribution >= 0.6 is 31.9 Å². The first-order valence-electron chi connectivity index (χ1n) is 5.71. The van der Waals surface area contributed by atoms with Crippen LogP contribution < -0.4 is 5.32 Å². The summed E-state index contributed by atoms with van der Waals surface area (Å²) in [7, 11) is 0. The predicted molar refractivity (Wildman–Crippen MR) is 78.8 cm³/mol. The van der Waals surface area contributed by atoms with Gasteiger partial charge in [-0.05, 0) is 43.5 Å². The van der Waals surface area contributed by atoms with Crippen molar-refractivity contribution in [2.75, 3.05) is 5.33 Å². The fourth-order valence-electron chi connectivity index (χ4n) is 1.56. The monoisotopic (exact) mass is 361 g/mol. The summed E-state index contributed by atoms with van der Waals surface area (Å²) in [6, 6.07) is 5.90. The average molecular weight is 363 g/mol. The molecule has 0 saturated heterocycles. The quantitative estimate of drug-likeness (QED) is 0.786. The molecule has 2 nitrogen and oxygen atoms in total. The highest BCUT2D eigenvalue weighted by atomic mass is 79.9. The lowest BCUT2D eigenvalue weighted by atomic mass is 10.1.